The number of anilines is 1. The molecule has 0 saturated heterocycles. The summed E-state index contributed by atoms with van der Waals surface area (Å²) in [4.78, 5) is -0.536. The fourth-order valence-corrected chi connectivity index (χ4v) is 2.93. The average molecular weight is 335 g/mol. The molecule has 0 unspecified atom stereocenters. The van der Waals surface area contributed by atoms with E-state index in [2.05, 4.69) is 26.6 Å². The topological polar surface area (TPSA) is 72.2 Å². The van der Waals surface area contributed by atoms with Crippen molar-refractivity contribution < 1.29 is 12.8 Å². The lowest BCUT2D eigenvalue weighted by molar-refractivity contribution is 0.526. The summed E-state index contributed by atoms with van der Waals surface area (Å²) in [6, 6.07) is 2.03. The first-order valence-electron chi connectivity index (χ1n) is 4.85. The van der Waals surface area contributed by atoms with Crippen molar-refractivity contribution in [1.29, 1.82) is 0 Å². The van der Waals surface area contributed by atoms with Gasteiger partial charge in [0.25, 0.3) is 0 Å². The van der Waals surface area contributed by atoms with Gasteiger partial charge in [-0.2, -0.15) is 4.72 Å². The highest BCUT2D eigenvalue weighted by atomic mass is 79.9. The fraction of sp³-hybridized carbons (Fsp3) is 0.273. The van der Waals surface area contributed by atoms with E-state index in [9.17, 15) is 12.8 Å². The van der Waals surface area contributed by atoms with Crippen LogP contribution in [-0.2, 0) is 10.0 Å². The maximum Gasteiger partial charge on any atom is 0.244 e. The number of hydrogen-bond acceptors (Lipinski definition) is 3. The third kappa shape index (κ3) is 3.22. The lowest BCUT2D eigenvalue weighted by Crippen LogP contribution is -2.42. The van der Waals surface area contributed by atoms with Crippen molar-refractivity contribution in [2.75, 3.05) is 5.73 Å². The van der Waals surface area contributed by atoms with Crippen LogP contribution in [0.4, 0.5) is 10.1 Å². The molecule has 0 aliphatic rings. The van der Waals surface area contributed by atoms with E-state index >= 15 is 0 Å². The molecule has 0 aliphatic carbocycles. The number of nitrogen functional groups attached to an aromatic ring is 1. The van der Waals surface area contributed by atoms with Gasteiger partial charge in [0.15, 0.2) is 0 Å². The van der Waals surface area contributed by atoms with Crippen molar-refractivity contribution in [3.63, 3.8) is 0 Å². The highest BCUT2D eigenvalue weighted by molar-refractivity contribution is 9.10. The third-order valence-corrected chi connectivity index (χ3v) is 4.45. The van der Waals surface area contributed by atoms with E-state index in [1.54, 1.807) is 0 Å². The lowest BCUT2D eigenvalue weighted by atomic mass is 10.1. The maximum atomic E-state index is 13.6. The number of nitrogens with one attached hydrogen (secondary N) is 1. The molecule has 1 aromatic carbocycles. The van der Waals surface area contributed by atoms with Gasteiger partial charge in [-0.3, -0.25) is 0 Å². The predicted octanol–water partition coefficient (Wildman–Crippen LogP) is 1.86. The number of terminal acetylenes is 1. The minimum Gasteiger partial charge on any atom is -0.398 e. The zero-order chi connectivity index (χ0) is 14.1. The van der Waals surface area contributed by atoms with Gasteiger partial charge in [0.05, 0.1) is 5.54 Å². The Hall–Kier alpha value is -1.10. The van der Waals surface area contributed by atoms with Crippen LogP contribution in [0.5, 0.6) is 0 Å². The molecule has 0 radical (unpaired) electrons. The second kappa shape index (κ2) is 4.88. The van der Waals surface area contributed by atoms with Crippen molar-refractivity contribution in [3.05, 3.63) is 22.4 Å². The normalized spacial score (nSPS) is 12.2. The first-order chi connectivity index (χ1) is 8.09. The van der Waals surface area contributed by atoms with Crippen LogP contribution in [0.3, 0.4) is 0 Å². The molecule has 0 saturated carbocycles. The summed E-state index contributed by atoms with van der Waals surface area (Å²) < 4.78 is 40.1. The SMILES string of the molecule is C#CC(C)(C)NS(=O)(=O)c1cc(N)c(Br)cc1F. The molecule has 7 heteroatoms. The van der Waals surface area contributed by atoms with E-state index in [4.69, 9.17) is 12.2 Å². The number of benzene rings is 1. The highest BCUT2D eigenvalue weighted by Crippen LogP contribution is 2.26. The smallest absolute Gasteiger partial charge is 0.244 e. The van der Waals surface area contributed by atoms with Gasteiger partial charge in [0.2, 0.25) is 10.0 Å². The van der Waals surface area contributed by atoms with E-state index in [-0.39, 0.29) is 10.2 Å². The quantitative estimate of drug-likeness (QED) is 0.654. The number of halogens is 2. The van der Waals surface area contributed by atoms with E-state index < -0.39 is 26.3 Å². The van der Waals surface area contributed by atoms with Crippen LogP contribution in [0.25, 0.3) is 0 Å². The maximum absolute atomic E-state index is 13.6. The van der Waals surface area contributed by atoms with Gasteiger partial charge in [0, 0.05) is 10.2 Å². The van der Waals surface area contributed by atoms with Crippen LogP contribution in [0.1, 0.15) is 13.8 Å². The van der Waals surface area contributed by atoms with Crippen molar-refractivity contribution >= 4 is 31.6 Å². The van der Waals surface area contributed by atoms with Gasteiger partial charge in [-0.25, -0.2) is 12.8 Å². The van der Waals surface area contributed by atoms with Gasteiger partial charge in [0.1, 0.15) is 10.7 Å². The Balaban J connectivity index is 3.31. The molecular weight excluding hydrogens is 323 g/mol. The van der Waals surface area contributed by atoms with Crippen LogP contribution < -0.4 is 10.5 Å². The molecule has 0 spiro atoms. The molecular formula is C11H12BrFN2O2S. The van der Waals surface area contributed by atoms with Crippen LogP contribution in [-0.4, -0.2) is 14.0 Å². The minimum atomic E-state index is -4.07. The Morgan fingerprint density at radius 1 is 1.50 bits per heavy atom. The average Bonchev–Trinajstić information content (AvgIpc) is 2.21. The molecule has 98 valence electrons. The summed E-state index contributed by atoms with van der Waals surface area (Å²) in [6.07, 6.45) is 5.18. The summed E-state index contributed by atoms with van der Waals surface area (Å²) >= 11 is 3.01. The second-order valence-corrected chi connectivity index (χ2v) is 6.68. The molecule has 18 heavy (non-hydrogen) atoms. The highest BCUT2D eigenvalue weighted by Gasteiger charge is 2.27. The van der Waals surface area contributed by atoms with Gasteiger partial charge in [-0.15, -0.1) is 6.42 Å². The number of nitrogens with two attached hydrogens (primary N) is 1. The Kier molecular flexibility index (Phi) is 4.05. The van der Waals surface area contributed by atoms with Crippen LogP contribution in [0.15, 0.2) is 21.5 Å². The van der Waals surface area contributed by atoms with E-state index in [0.717, 1.165) is 12.1 Å². The van der Waals surface area contributed by atoms with E-state index in [1.165, 1.54) is 13.8 Å². The summed E-state index contributed by atoms with van der Waals surface area (Å²) in [7, 11) is -4.07. The zero-order valence-corrected chi connectivity index (χ0v) is 12.2. The minimum absolute atomic E-state index is 0.121. The van der Waals surface area contributed by atoms with Crippen molar-refractivity contribution in [3.8, 4) is 12.3 Å². The molecule has 4 nitrogen and oxygen atoms in total. The van der Waals surface area contributed by atoms with Gasteiger partial charge in [-0.1, -0.05) is 5.92 Å². The Bertz CT molecular complexity index is 621. The molecule has 0 fully saturated rings. The Morgan fingerprint density at radius 2 is 2.06 bits per heavy atom. The predicted molar refractivity (Wildman–Crippen MR) is 71.7 cm³/mol. The molecule has 0 aromatic heterocycles. The molecule has 0 heterocycles. The van der Waals surface area contributed by atoms with Crippen molar-refractivity contribution in [1.82, 2.24) is 4.72 Å². The Labute approximate surface area is 114 Å². The van der Waals surface area contributed by atoms with Gasteiger partial charge in [-0.05, 0) is 41.9 Å². The largest absolute Gasteiger partial charge is 0.398 e. The van der Waals surface area contributed by atoms with E-state index in [1.807, 2.05) is 0 Å². The fourth-order valence-electron chi connectivity index (χ4n) is 1.17. The molecule has 0 bridgehead atoms. The standard InChI is InChI=1S/C11H12BrFN2O2S/c1-4-11(2,3)15-18(16,17)10-6-9(14)7(12)5-8(10)13/h1,5-6,15H,14H2,2-3H3. The summed E-state index contributed by atoms with van der Waals surface area (Å²) in [5.41, 5.74) is 4.54. The van der Waals surface area contributed by atoms with Crippen LogP contribution in [0, 0.1) is 18.2 Å². The monoisotopic (exact) mass is 334 g/mol. The molecule has 0 aliphatic heterocycles. The van der Waals surface area contributed by atoms with Gasteiger partial charge >= 0.3 is 0 Å². The van der Waals surface area contributed by atoms with Crippen LogP contribution >= 0.6 is 15.9 Å². The second-order valence-electron chi connectivity index (χ2n) is 4.18. The number of hydrogen-bond donors (Lipinski definition) is 2. The first kappa shape index (κ1) is 15.0. The number of sulfonamides is 1. The molecule has 1 aromatic rings. The third-order valence-electron chi connectivity index (χ3n) is 2.09. The van der Waals surface area contributed by atoms with Crippen molar-refractivity contribution in [2.24, 2.45) is 0 Å². The number of rotatable bonds is 3. The van der Waals surface area contributed by atoms with Crippen molar-refractivity contribution in [2.45, 2.75) is 24.3 Å². The van der Waals surface area contributed by atoms with E-state index in [0.29, 0.717) is 0 Å². The molecule has 1 rings (SSSR count). The zero-order valence-electron chi connectivity index (χ0n) is 9.79. The van der Waals surface area contributed by atoms with Crippen LogP contribution in [0.2, 0.25) is 0 Å². The van der Waals surface area contributed by atoms with Gasteiger partial charge < -0.3 is 5.73 Å². The molecule has 0 amide bonds. The summed E-state index contributed by atoms with van der Waals surface area (Å²) in [6.45, 7) is 2.98. The summed E-state index contributed by atoms with van der Waals surface area (Å²) in [5, 5.41) is 0. The Morgan fingerprint density at radius 3 is 2.56 bits per heavy atom. The first-order valence-corrected chi connectivity index (χ1v) is 7.13. The summed E-state index contributed by atoms with van der Waals surface area (Å²) in [5.74, 6) is 1.35. The molecule has 3 N–H and O–H groups in total. The lowest BCUT2D eigenvalue weighted by Gasteiger charge is -2.20. The molecule has 0 atom stereocenters.